The average molecular weight is 482 g/mol. The summed E-state index contributed by atoms with van der Waals surface area (Å²) in [7, 11) is 0. The van der Waals surface area contributed by atoms with Crippen LogP contribution in [-0.2, 0) is 4.79 Å². The molecule has 2 aromatic rings. The van der Waals surface area contributed by atoms with Gasteiger partial charge in [-0.2, -0.15) is 5.10 Å². The molecule has 0 unspecified atom stereocenters. The number of hydrogen-bond acceptors (Lipinski definition) is 6. The number of nitrogens with zero attached hydrogens (tertiary/aromatic N) is 1. The van der Waals surface area contributed by atoms with Crippen LogP contribution in [-0.4, -0.2) is 37.3 Å². The predicted octanol–water partition coefficient (Wildman–Crippen LogP) is 5.17. The fourth-order valence-corrected chi connectivity index (χ4v) is 4.01. The van der Waals surface area contributed by atoms with E-state index in [-0.39, 0.29) is 11.8 Å². The first-order valence-electron chi connectivity index (χ1n) is 12.3. The van der Waals surface area contributed by atoms with Crippen molar-refractivity contribution >= 4 is 23.2 Å². The van der Waals surface area contributed by atoms with Gasteiger partial charge < -0.3 is 19.5 Å². The molecule has 0 atom stereocenters. The van der Waals surface area contributed by atoms with Crippen molar-refractivity contribution in [2.24, 2.45) is 11.0 Å². The van der Waals surface area contributed by atoms with Crippen LogP contribution in [0.1, 0.15) is 69.3 Å². The molecule has 0 bridgehead atoms. The summed E-state index contributed by atoms with van der Waals surface area (Å²) in [5.74, 6) is 1.17. The third kappa shape index (κ3) is 6.97. The molecule has 188 valence electrons. The summed E-state index contributed by atoms with van der Waals surface area (Å²) in [6.07, 6.45) is 4.16. The highest BCUT2D eigenvalue weighted by atomic mass is 16.5. The van der Waals surface area contributed by atoms with Gasteiger partial charge in [-0.25, -0.2) is 5.43 Å². The van der Waals surface area contributed by atoms with Gasteiger partial charge in [-0.1, -0.05) is 25.0 Å². The Hall–Kier alpha value is -3.55. The fourth-order valence-electron chi connectivity index (χ4n) is 4.01. The number of nitrogens with one attached hydrogen (secondary N) is 2. The van der Waals surface area contributed by atoms with Crippen LogP contribution in [0, 0.1) is 5.92 Å². The smallest absolute Gasteiger partial charge is 0.271 e. The van der Waals surface area contributed by atoms with Crippen molar-refractivity contribution in [1.29, 1.82) is 0 Å². The van der Waals surface area contributed by atoms with Crippen molar-refractivity contribution in [2.75, 3.05) is 25.1 Å². The standard InChI is InChI=1S/C27H35N3O5/c1-5-33-23-16-21(17-24(34-6-2)25(23)35-7-3)27(32)30-29-18(4)19-12-14-22(15-13-19)28-26(31)20-10-8-9-11-20/h12-17,20H,5-11H2,1-4H3,(H,28,31)(H,30,32)/b29-18-. The third-order valence-corrected chi connectivity index (χ3v) is 5.79. The van der Waals surface area contributed by atoms with E-state index in [0.717, 1.165) is 36.9 Å². The van der Waals surface area contributed by atoms with E-state index in [0.29, 0.717) is 48.3 Å². The molecule has 0 aliphatic heterocycles. The SMILES string of the molecule is CCOc1cc(C(=O)N/N=C(/C)c2ccc(NC(=O)C3CCCC3)cc2)cc(OCC)c1OCC. The van der Waals surface area contributed by atoms with Gasteiger partial charge in [0, 0.05) is 17.2 Å². The Morgan fingerprint density at radius 2 is 1.46 bits per heavy atom. The summed E-state index contributed by atoms with van der Waals surface area (Å²) >= 11 is 0. The number of anilines is 1. The molecule has 3 rings (SSSR count). The van der Waals surface area contributed by atoms with E-state index >= 15 is 0 Å². The molecule has 1 aliphatic carbocycles. The molecule has 8 nitrogen and oxygen atoms in total. The van der Waals surface area contributed by atoms with E-state index in [1.54, 1.807) is 12.1 Å². The molecule has 0 heterocycles. The van der Waals surface area contributed by atoms with Crippen LogP contribution in [0.5, 0.6) is 17.2 Å². The second-order valence-corrected chi connectivity index (χ2v) is 8.29. The molecule has 1 fully saturated rings. The zero-order valence-electron chi connectivity index (χ0n) is 21.0. The van der Waals surface area contributed by atoms with Crippen LogP contribution >= 0.6 is 0 Å². The lowest BCUT2D eigenvalue weighted by Gasteiger charge is -2.16. The largest absolute Gasteiger partial charge is 0.490 e. The second-order valence-electron chi connectivity index (χ2n) is 8.29. The van der Waals surface area contributed by atoms with Crippen molar-refractivity contribution < 1.29 is 23.8 Å². The summed E-state index contributed by atoms with van der Waals surface area (Å²) in [5, 5.41) is 7.24. The number of carbonyl (C=O) groups is 2. The molecule has 2 aromatic carbocycles. The van der Waals surface area contributed by atoms with Crippen LogP contribution in [0.4, 0.5) is 5.69 Å². The first kappa shape index (κ1) is 26.1. The van der Waals surface area contributed by atoms with Crippen LogP contribution < -0.4 is 25.0 Å². The van der Waals surface area contributed by atoms with E-state index in [1.807, 2.05) is 52.0 Å². The van der Waals surface area contributed by atoms with E-state index in [2.05, 4.69) is 15.8 Å². The number of amides is 2. The second kappa shape index (κ2) is 12.8. The Bertz CT molecular complexity index is 1020. The van der Waals surface area contributed by atoms with Gasteiger partial charge >= 0.3 is 0 Å². The lowest BCUT2D eigenvalue weighted by atomic mass is 10.1. The van der Waals surface area contributed by atoms with Crippen molar-refractivity contribution in [2.45, 2.75) is 53.4 Å². The molecule has 0 radical (unpaired) electrons. The van der Waals surface area contributed by atoms with Crippen LogP contribution in [0.2, 0.25) is 0 Å². The van der Waals surface area contributed by atoms with E-state index in [9.17, 15) is 9.59 Å². The van der Waals surface area contributed by atoms with Crippen molar-refractivity contribution in [3.63, 3.8) is 0 Å². The number of hydrazone groups is 1. The molecule has 8 heteroatoms. The quantitative estimate of drug-likeness (QED) is 0.341. The van der Waals surface area contributed by atoms with Gasteiger partial charge in [-0.15, -0.1) is 0 Å². The number of carbonyl (C=O) groups excluding carboxylic acids is 2. The topological polar surface area (TPSA) is 98.2 Å². The van der Waals surface area contributed by atoms with Gasteiger partial charge in [0.2, 0.25) is 11.7 Å². The Morgan fingerprint density at radius 1 is 0.886 bits per heavy atom. The van der Waals surface area contributed by atoms with Crippen LogP contribution in [0.15, 0.2) is 41.5 Å². The maximum Gasteiger partial charge on any atom is 0.271 e. The Labute approximate surface area is 207 Å². The molecule has 2 amide bonds. The van der Waals surface area contributed by atoms with E-state index in [4.69, 9.17) is 14.2 Å². The highest BCUT2D eigenvalue weighted by Crippen LogP contribution is 2.39. The normalized spacial score (nSPS) is 13.9. The molecular formula is C27H35N3O5. The van der Waals surface area contributed by atoms with Gasteiger partial charge in [0.25, 0.3) is 5.91 Å². The lowest BCUT2D eigenvalue weighted by molar-refractivity contribution is -0.119. The highest BCUT2D eigenvalue weighted by Gasteiger charge is 2.22. The maximum absolute atomic E-state index is 12.8. The number of rotatable bonds is 11. The number of ether oxygens (including phenoxy) is 3. The van der Waals surface area contributed by atoms with Crippen molar-refractivity contribution in [1.82, 2.24) is 5.43 Å². The molecule has 1 saturated carbocycles. The Kier molecular flexibility index (Phi) is 9.52. The molecule has 0 aromatic heterocycles. The summed E-state index contributed by atoms with van der Waals surface area (Å²) in [6, 6.07) is 10.7. The molecule has 2 N–H and O–H groups in total. The van der Waals surface area contributed by atoms with Gasteiger partial charge in [-0.05, 0) is 70.4 Å². The minimum atomic E-state index is -0.394. The summed E-state index contributed by atoms with van der Waals surface area (Å²) in [6.45, 7) is 8.69. The minimum absolute atomic E-state index is 0.0844. The molecule has 35 heavy (non-hydrogen) atoms. The van der Waals surface area contributed by atoms with Gasteiger partial charge in [0.05, 0.1) is 25.5 Å². The fraction of sp³-hybridized carbons (Fsp3) is 0.444. The lowest BCUT2D eigenvalue weighted by Crippen LogP contribution is -2.20. The van der Waals surface area contributed by atoms with E-state index < -0.39 is 5.91 Å². The zero-order chi connectivity index (χ0) is 25.2. The molecule has 1 aliphatic rings. The maximum atomic E-state index is 12.8. The molecule has 0 spiro atoms. The first-order valence-corrected chi connectivity index (χ1v) is 12.3. The first-order chi connectivity index (χ1) is 17.0. The van der Waals surface area contributed by atoms with E-state index in [1.165, 1.54) is 0 Å². The predicted molar refractivity (Wildman–Crippen MR) is 137 cm³/mol. The summed E-state index contributed by atoms with van der Waals surface area (Å²) < 4.78 is 17.1. The third-order valence-electron chi connectivity index (χ3n) is 5.79. The summed E-state index contributed by atoms with van der Waals surface area (Å²) in [4.78, 5) is 25.2. The van der Waals surface area contributed by atoms with Gasteiger partial charge in [-0.3, -0.25) is 9.59 Å². The number of benzene rings is 2. The molecule has 0 saturated heterocycles. The van der Waals surface area contributed by atoms with Gasteiger partial charge in [0.1, 0.15) is 0 Å². The van der Waals surface area contributed by atoms with Crippen LogP contribution in [0.25, 0.3) is 0 Å². The van der Waals surface area contributed by atoms with Gasteiger partial charge in [0.15, 0.2) is 11.5 Å². The Balaban J connectivity index is 1.69. The van der Waals surface area contributed by atoms with Crippen molar-refractivity contribution in [3.05, 3.63) is 47.5 Å². The number of hydrogen-bond donors (Lipinski definition) is 2. The van der Waals surface area contributed by atoms with Crippen LogP contribution in [0.3, 0.4) is 0 Å². The molecular weight excluding hydrogens is 446 g/mol. The zero-order valence-corrected chi connectivity index (χ0v) is 21.0. The average Bonchev–Trinajstić information content (AvgIpc) is 3.40. The highest BCUT2D eigenvalue weighted by molar-refractivity contribution is 6.01. The summed E-state index contributed by atoms with van der Waals surface area (Å²) in [5.41, 5.74) is 5.17. The Morgan fingerprint density at radius 3 is 2.00 bits per heavy atom. The monoisotopic (exact) mass is 481 g/mol. The van der Waals surface area contributed by atoms with Crippen molar-refractivity contribution in [3.8, 4) is 17.2 Å². The minimum Gasteiger partial charge on any atom is -0.490 e.